The van der Waals surface area contributed by atoms with Gasteiger partial charge in [0.2, 0.25) is 5.91 Å². The Morgan fingerprint density at radius 1 is 1.17 bits per heavy atom. The molecule has 0 saturated carbocycles. The second-order valence-electron chi connectivity index (χ2n) is 7.35. The molecule has 2 heterocycles. The second kappa shape index (κ2) is 8.63. The minimum Gasteiger partial charge on any atom is -0.361 e. The molecule has 3 amide bonds. The molecule has 1 aliphatic heterocycles. The first kappa shape index (κ1) is 20.0. The number of amides is 3. The van der Waals surface area contributed by atoms with Gasteiger partial charge in [-0.25, -0.2) is 4.79 Å². The van der Waals surface area contributed by atoms with Crippen LogP contribution in [0.5, 0.6) is 0 Å². The highest BCUT2D eigenvalue weighted by Gasteiger charge is 2.25. The Hall–Kier alpha value is -3.25. The van der Waals surface area contributed by atoms with Crippen LogP contribution in [0.4, 0.5) is 4.79 Å². The van der Waals surface area contributed by atoms with Crippen molar-refractivity contribution < 1.29 is 9.59 Å². The number of nitrogens with two attached hydrogens (primary N) is 1. The molecule has 0 saturated heterocycles. The lowest BCUT2D eigenvalue weighted by Crippen LogP contribution is -2.40. The number of urea groups is 1. The number of H-pyrrole nitrogens is 1. The summed E-state index contributed by atoms with van der Waals surface area (Å²) >= 11 is 6.27. The summed E-state index contributed by atoms with van der Waals surface area (Å²) in [6.07, 6.45) is 5.00. The summed E-state index contributed by atoms with van der Waals surface area (Å²) in [5.74, 6) is -0.0529. The molecule has 0 aliphatic carbocycles. The van der Waals surface area contributed by atoms with Crippen molar-refractivity contribution >= 4 is 40.0 Å². The number of aromatic amines is 1. The number of nitrogens with zero attached hydrogens (tertiary/aromatic N) is 1. The SMILES string of the molecule is NC(=O)NC(CC(=O)N1CC=C(c2c[nH]c3ccccc23)CC1)c1ccccc1Cl. The standard InChI is InChI=1S/C23H23ClN4O2/c24-19-7-3-1-6-17(19)21(27-23(25)30)13-22(29)28-11-9-15(10-12-28)18-14-26-20-8-4-2-5-16(18)20/h1-9,14,21,26H,10-13H2,(H3,25,27,30). The van der Waals surface area contributed by atoms with Gasteiger partial charge in [0, 0.05) is 40.8 Å². The summed E-state index contributed by atoms with van der Waals surface area (Å²) in [6, 6.07) is 14.1. The van der Waals surface area contributed by atoms with Crippen LogP contribution < -0.4 is 11.1 Å². The largest absolute Gasteiger partial charge is 0.361 e. The lowest BCUT2D eigenvalue weighted by atomic mass is 9.98. The highest BCUT2D eigenvalue weighted by atomic mass is 35.5. The average Bonchev–Trinajstić information content (AvgIpc) is 3.17. The van der Waals surface area contributed by atoms with Gasteiger partial charge in [-0.2, -0.15) is 0 Å². The number of hydrogen-bond acceptors (Lipinski definition) is 2. The molecule has 3 aromatic rings. The number of hydrogen-bond donors (Lipinski definition) is 3. The van der Waals surface area contributed by atoms with E-state index < -0.39 is 12.1 Å². The van der Waals surface area contributed by atoms with Gasteiger partial charge in [-0.05, 0) is 29.7 Å². The van der Waals surface area contributed by atoms with Crippen molar-refractivity contribution in [2.75, 3.05) is 13.1 Å². The van der Waals surface area contributed by atoms with Gasteiger partial charge < -0.3 is 20.9 Å². The van der Waals surface area contributed by atoms with Crippen LogP contribution in [0.25, 0.3) is 16.5 Å². The van der Waals surface area contributed by atoms with E-state index in [0.717, 1.165) is 11.9 Å². The van der Waals surface area contributed by atoms with Crippen molar-refractivity contribution in [3.63, 3.8) is 0 Å². The zero-order valence-electron chi connectivity index (χ0n) is 16.4. The van der Waals surface area contributed by atoms with E-state index in [9.17, 15) is 9.59 Å². The fourth-order valence-electron chi connectivity index (χ4n) is 3.95. The molecule has 0 spiro atoms. The van der Waals surface area contributed by atoms with Gasteiger partial charge in [0.1, 0.15) is 0 Å². The quantitative estimate of drug-likeness (QED) is 0.574. The first-order valence-electron chi connectivity index (χ1n) is 9.86. The molecule has 4 N–H and O–H groups in total. The van der Waals surface area contributed by atoms with Crippen molar-refractivity contribution in [1.82, 2.24) is 15.2 Å². The van der Waals surface area contributed by atoms with Crippen LogP contribution in [-0.2, 0) is 4.79 Å². The topological polar surface area (TPSA) is 91.2 Å². The number of para-hydroxylation sites is 1. The van der Waals surface area contributed by atoms with Crippen LogP contribution in [-0.4, -0.2) is 34.9 Å². The smallest absolute Gasteiger partial charge is 0.312 e. The van der Waals surface area contributed by atoms with E-state index in [-0.39, 0.29) is 12.3 Å². The van der Waals surface area contributed by atoms with Crippen LogP contribution >= 0.6 is 11.6 Å². The minimum atomic E-state index is -0.687. The maximum absolute atomic E-state index is 12.9. The predicted octanol–water partition coefficient (Wildman–Crippen LogP) is 4.24. The molecule has 1 aromatic heterocycles. The molecule has 1 aliphatic rings. The van der Waals surface area contributed by atoms with E-state index in [1.54, 1.807) is 23.1 Å². The lowest BCUT2D eigenvalue weighted by molar-refractivity contribution is -0.131. The first-order chi connectivity index (χ1) is 14.5. The van der Waals surface area contributed by atoms with Gasteiger partial charge in [-0.15, -0.1) is 0 Å². The van der Waals surface area contributed by atoms with E-state index in [1.165, 1.54) is 16.5 Å². The molecular formula is C23H23ClN4O2. The summed E-state index contributed by atoms with van der Waals surface area (Å²) < 4.78 is 0. The second-order valence-corrected chi connectivity index (χ2v) is 7.76. The van der Waals surface area contributed by atoms with E-state index in [2.05, 4.69) is 28.5 Å². The Labute approximate surface area is 179 Å². The van der Waals surface area contributed by atoms with Crippen LogP contribution in [0.1, 0.15) is 30.0 Å². The van der Waals surface area contributed by atoms with Crippen LogP contribution in [0.3, 0.4) is 0 Å². The van der Waals surface area contributed by atoms with Crippen molar-refractivity contribution in [2.45, 2.75) is 18.9 Å². The van der Waals surface area contributed by atoms with E-state index in [1.807, 2.05) is 24.4 Å². The van der Waals surface area contributed by atoms with E-state index >= 15 is 0 Å². The van der Waals surface area contributed by atoms with Gasteiger partial charge in [0.15, 0.2) is 0 Å². The number of fused-ring (bicyclic) bond motifs is 1. The summed E-state index contributed by atoms with van der Waals surface area (Å²) in [7, 11) is 0. The highest BCUT2D eigenvalue weighted by molar-refractivity contribution is 6.31. The molecule has 1 unspecified atom stereocenters. The van der Waals surface area contributed by atoms with Gasteiger partial charge in [-0.3, -0.25) is 4.79 Å². The number of carbonyl (C=O) groups excluding carboxylic acids is 2. The maximum Gasteiger partial charge on any atom is 0.312 e. The van der Waals surface area contributed by atoms with Gasteiger partial charge >= 0.3 is 6.03 Å². The molecule has 6 nitrogen and oxygen atoms in total. The number of rotatable bonds is 5. The van der Waals surface area contributed by atoms with Gasteiger partial charge in [0.25, 0.3) is 0 Å². The Kier molecular flexibility index (Phi) is 5.77. The molecule has 1 atom stereocenters. The Morgan fingerprint density at radius 2 is 1.93 bits per heavy atom. The van der Waals surface area contributed by atoms with Crippen LogP contribution in [0.15, 0.2) is 60.8 Å². The van der Waals surface area contributed by atoms with Crippen molar-refractivity contribution in [1.29, 1.82) is 0 Å². The third-order valence-electron chi connectivity index (χ3n) is 5.47. The number of halogens is 1. The number of nitrogens with one attached hydrogen (secondary N) is 2. The molecule has 0 bridgehead atoms. The number of carbonyl (C=O) groups is 2. The molecule has 30 heavy (non-hydrogen) atoms. The van der Waals surface area contributed by atoms with Crippen molar-refractivity contribution in [2.24, 2.45) is 5.73 Å². The van der Waals surface area contributed by atoms with E-state index in [4.69, 9.17) is 17.3 Å². The van der Waals surface area contributed by atoms with Crippen LogP contribution in [0.2, 0.25) is 5.02 Å². The van der Waals surface area contributed by atoms with Crippen molar-refractivity contribution in [3.05, 3.63) is 77.0 Å². The Bertz CT molecular complexity index is 1120. The number of aromatic nitrogens is 1. The third kappa shape index (κ3) is 4.19. The predicted molar refractivity (Wildman–Crippen MR) is 119 cm³/mol. The van der Waals surface area contributed by atoms with E-state index in [0.29, 0.717) is 23.7 Å². The fourth-order valence-corrected chi connectivity index (χ4v) is 4.22. The molecule has 2 aromatic carbocycles. The lowest BCUT2D eigenvalue weighted by Gasteiger charge is -2.28. The summed E-state index contributed by atoms with van der Waals surface area (Å²) in [5.41, 5.74) is 9.52. The zero-order chi connectivity index (χ0) is 21.1. The zero-order valence-corrected chi connectivity index (χ0v) is 17.2. The molecular weight excluding hydrogens is 400 g/mol. The third-order valence-corrected chi connectivity index (χ3v) is 5.82. The number of primary amides is 1. The first-order valence-corrected chi connectivity index (χ1v) is 10.2. The number of benzene rings is 2. The van der Waals surface area contributed by atoms with Gasteiger partial charge in [0.05, 0.1) is 12.5 Å². The monoisotopic (exact) mass is 422 g/mol. The highest BCUT2D eigenvalue weighted by Crippen LogP contribution is 2.30. The fraction of sp³-hybridized carbons (Fsp3) is 0.217. The normalized spacial score (nSPS) is 15.0. The van der Waals surface area contributed by atoms with Crippen LogP contribution in [0, 0.1) is 0 Å². The molecule has 0 radical (unpaired) electrons. The minimum absolute atomic E-state index is 0.0529. The summed E-state index contributed by atoms with van der Waals surface area (Å²) in [6.45, 7) is 1.15. The Morgan fingerprint density at radius 3 is 2.67 bits per heavy atom. The van der Waals surface area contributed by atoms with Crippen molar-refractivity contribution in [3.8, 4) is 0 Å². The average molecular weight is 423 g/mol. The Balaban J connectivity index is 1.47. The molecule has 4 rings (SSSR count). The molecule has 0 fully saturated rings. The summed E-state index contributed by atoms with van der Waals surface area (Å²) in [5, 5.41) is 4.32. The maximum atomic E-state index is 12.9. The molecule has 7 heteroatoms. The van der Waals surface area contributed by atoms with Gasteiger partial charge in [-0.1, -0.05) is 54.1 Å². The molecule has 154 valence electrons. The summed E-state index contributed by atoms with van der Waals surface area (Å²) in [4.78, 5) is 29.5.